The fourth-order valence-corrected chi connectivity index (χ4v) is 3.03. The third-order valence-corrected chi connectivity index (χ3v) is 4.24. The summed E-state index contributed by atoms with van der Waals surface area (Å²) in [7, 11) is 1.59. The van der Waals surface area contributed by atoms with E-state index < -0.39 is 5.97 Å². The van der Waals surface area contributed by atoms with Crippen LogP contribution in [0.4, 0.5) is 4.79 Å². The Balaban J connectivity index is 2.22. The van der Waals surface area contributed by atoms with Crippen molar-refractivity contribution in [3.63, 3.8) is 0 Å². The number of carbonyl (C=O) groups is 2. The topological polar surface area (TPSA) is 69.6 Å². The molecule has 0 aliphatic heterocycles. The Kier molecular flexibility index (Phi) is 6.41. The van der Waals surface area contributed by atoms with Crippen molar-refractivity contribution in [1.29, 1.82) is 0 Å². The van der Waals surface area contributed by atoms with Crippen molar-refractivity contribution in [2.45, 2.75) is 12.8 Å². The number of amides is 2. The van der Waals surface area contributed by atoms with Gasteiger partial charge in [0.1, 0.15) is 0 Å². The summed E-state index contributed by atoms with van der Waals surface area (Å²) in [6.45, 7) is 0.783. The Morgan fingerprint density at radius 1 is 1.50 bits per heavy atom. The largest absolute Gasteiger partial charge is 0.481 e. The van der Waals surface area contributed by atoms with Gasteiger partial charge in [0.05, 0.1) is 9.30 Å². The number of carbonyl (C=O) groups excluding carboxylic acids is 1. The van der Waals surface area contributed by atoms with Crippen molar-refractivity contribution < 1.29 is 14.7 Å². The second kappa shape index (κ2) is 7.57. The third-order valence-electron chi connectivity index (χ3n) is 2.28. The van der Waals surface area contributed by atoms with Gasteiger partial charge < -0.3 is 15.3 Å². The fraction of sp³-hybridized carbons (Fsp3) is 0.455. The summed E-state index contributed by atoms with van der Waals surface area (Å²) in [5.41, 5.74) is 0. The highest BCUT2D eigenvalue weighted by Crippen LogP contribution is 2.18. The quantitative estimate of drug-likeness (QED) is 0.740. The fourth-order valence-electron chi connectivity index (χ4n) is 1.28. The van der Waals surface area contributed by atoms with Crippen LogP contribution in [0.5, 0.6) is 0 Å². The number of halogens is 1. The highest BCUT2D eigenvalue weighted by molar-refractivity contribution is 14.1. The van der Waals surface area contributed by atoms with E-state index in [2.05, 4.69) is 27.9 Å². The molecule has 0 spiro atoms. The summed E-state index contributed by atoms with van der Waals surface area (Å²) >= 11 is 3.97. The highest BCUT2D eigenvalue weighted by atomic mass is 127. The van der Waals surface area contributed by atoms with E-state index in [0.717, 1.165) is 6.42 Å². The van der Waals surface area contributed by atoms with Gasteiger partial charge in [0.15, 0.2) is 0 Å². The standard InChI is InChI=1S/C11H15IN2O3S/c1-14(7-5-10(15)16)11(17)13-6-4-8-2-3-9(12)18-8/h2-3H,4-7H2,1H3,(H,13,17)(H,15,16). The molecule has 1 aromatic rings. The molecule has 5 nitrogen and oxygen atoms in total. The molecule has 0 atom stereocenters. The molecule has 0 saturated heterocycles. The Labute approximate surface area is 123 Å². The zero-order chi connectivity index (χ0) is 13.5. The first-order valence-corrected chi connectivity index (χ1v) is 7.33. The molecule has 100 valence electrons. The minimum Gasteiger partial charge on any atom is -0.481 e. The number of nitrogens with zero attached hydrogens (tertiary/aromatic N) is 1. The summed E-state index contributed by atoms with van der Waals surface area (Å²) in [5.74, 6) is -0.900. The van der Waals surface area contributed by atoms with E-state index in [1.54, 1.807) is 18.4 Å². The Hall–Kier alpha value is -0.830. The van der Waals surface area contributed by atoms with Crippen LogP contribution in [0.15, 0.2) is 12.1 Å². The number of hydrogen-bond acceptors (Lipinski definition) is 3. The van der Waals surface area contributed by atoms with Gasteiger partial charge in [0, 0.05) is 25.0 Å². The number of urea groups is 1. The SMILES string of the molecule is CN(CCC(=O)O)C(=O)NCCc1ccc(I)s1. The number of aliphatic carboxylic acids is 1. The molecule has 0 aliphatic carbocycles. The van der Waals surface area contributed by atoms with E-state index in [9.17, 15) is 9.59 Å². The predicted molar refractivity (Wildman–Crippen MR) is 79.0 cm³/mol. The summed E-state index contributed by atoms with van der Waals surface area (Å²) < 4.78 is 1.23. The van der Waals surface area contributed by atoms with E-state index in [-0.39, 0.29) is 19.0 Å². The number of carboxylic acids is 1. The molecule has 0 saturated carbocycles. The predicted octanol–water partition coefficient (Wildman–Crippen LogP) is 2.01. The van der Waals surface area contributed by atoms with Gasteiger partial charge in [-0.25, -0.2) is 4.79 Å². The number of hydrogen-bond donors (Lipinski definition) is 2. The second-order valence-electron chi connectivity index (χ2n) is 3.75. The van der Waals surface area contributed by atoms with Crippen LogP contribution in [0, 0.1) is 2.88 Å². The Morgan fingerprint density at radius 3 is 2.78 bits per heavy atom. The maximum Gasteiger partial charge on any atom is 0.317 e. The van der Waals surface area contributed by atoms with Gasteiger partial charge in [0.25, 0.3) is 0 Å². The monoisotopic (exact) mass is 382 g/mol. The Morgan fingerprint density at radius 2 is 2.22 bits per heavy atom. The Bertz CT molecular complexity index is 422. The van der Waals surface area contributed by atoms with Crippen LogP contribution in [0.3, 0.4) is 0 Å². The minimum atomic E-state index is -0.900. The molecular formula is C11H15IN2O3S. The molecule has 2 amide bonds. The molecular weight excluding hydrogens is 367 g/mol. The van der Waals surface area contributed by atoms with Gasteiger partial charge in [-0.1, -0.05) is 0 Å². The summed E-state index contributed by atoms with van der Waals surface area (Å²) in [6, 6.07) is 3.86. The molecule has 7 heteroatoms. The molecule has 0 aliphatic rings. The van der Waals surface area contributed by atoms with Crippen LogP contribution in [0.25, 0.3) is 0 Å². The summed E-state index contributed by atoms with van der Waals surface area (Å²) in [6.07, 6.45) is 0.763. The molecule has 0 aromatic carbocycles. The van der Waals surface area contributed by atoms with E-state index in [1.165, 1.54) is 12.7 Å². The molecule has 1 rings (SSSR count). The van der Waals surface area contributed by atoms with E-state index in [1.807, 2.05) is 12.1 Å². The van der Waals surface area contributed by atoms with Crippen molar-refractivity contribution in [3.05, 3.63) is 19.9 Å². The van der Waals surface area contributed by atoms with Crippen molar-refractivity contribution >= 4 is 45.9 Å². The van der Waals surface area contributed by atoms with E-state index in [0.29, 0.717) is 6.54 Å². The molecule has 18 heavy (non-hydrogen) atoms. The van der Waals surface area contributed by atoms with Gasteiger partial charge in [-0.15, -0.1) is 11.3 Å². The number of nitrogens with one attached hydrogen (secondary N) is 1. The van der Waals surface area contributed by atoms with Gasteiger partial charge in [0.2, 0.25) is 0 Å². The molecule has 0 unspecified atom stereocenters. The lowest BCUT2D eigenvalue weighted by atomic mass is 10.3. The maximum absolute atomic E-state index is 11.6. The lowest BCUT2D eigenvalue weighted by Gasteiger charge is -2.16. The van der Waals surface area contributed by atoms with Gasteiger partial charge in [-0.3, -0.25) is 4.79 Å². The van der Waals surface area contributed by atoms with Gasteiger partial charge in [-0.2, -0.15) is 0 Å². The molecule has 1 aromatic heterocycles. The zero-order valence-corrected chi connectivity index (χ0v) is 13.0. The first-order valence-electron chi connectivity index (χ1n) is 5.44. The summed E-state index contributed by atoms with van der Waals surface area (Å²) in [4.78, 5) is 24.6. The number of carboxylic acid groups (broad SMARTS) is 1. The van der Waals surface area contributed by atoms with Crippen LogP contribution >= 0.6 is 33.9 Å². The highest BCUT2D eigenvalue weighted by Gasteiger charge is 2.09. The number of rotatable bonds is 6. The molecule has 0 radical (unpaired) electrons. The average Bonchev–Trinajstić information content (AvgIpc) is 2.71. The lowest BCUT2D eigenvalue weighted by Crippen LogP contribution is -2.39. The average molecular weight is 382 g/mol. The molecule has 1 heterocycles. The van der Waals surface area contributed by atoms with E-state index in [4.69, 9.17) is 5.11 Å². The second-order valence-corrected chi connectivity index (χ2v) is 6.82. The number of thiophene rings is 1. The molecule has 0 bridgehead atoms. The first kappa shape index (κ1) is 15.2. The van der Waals surface area contributed by atoms with Gasteiger partial charge in [-0.05, 0) is 41.1 Å². The van der Waals surface area contributed by atoms with Crippen LogP contribution in [-0.2, 0) is 11.2 Å². The third kappa shape index (κ3) is 5.67. The normalized spacial score (nSPS) is 10.1. The zero-order valence-electron chi connectivity index (χ0n) is 9.98. The van der Waals surface area contributed by atoms with Crippen LogP contribution in [-0.4, -0.2) is 42.1 Å². The molecule has 0 fully saturated rings. The summed E-state index contributed by atoms with van der Waals surface area (Å²) in [5, 5.41) is 11.3. The van der Waals surface area contributed by atoms with Crippen LogP contribution in [0.1, 0.15) is 11.3 Å². The lowest BCUT2D eigenvalue weighted by molar-refractivity contribution is -0.137. The smallest absolute Gasteiger partial charge is 0.317 e. The van der Waals surface area contributed by atoms with Crippen molar-refractivity contribution in [1.82, 2.24) is 10.2 Å². The molecule has 2 N–H and O–H groups in total. The van der Waals surface area contributed by atoms with Crippen LogP contribution in [0.2, 0.25) is 0 Å². The van der Waals surface area contributed by atoms with Crippen molar-refractivity contribution in [2.75, 3.05) is 20.1 Å². The van der Waals surface area contributed by atoms with E-state index >= 15 is 0 Å². The van der Waals surface area contributed by atoms with Crippen molar-refractivity contribution in [2.24, 2.45) is 0 Å². The first-order chi connectivity index (χ1) is 8.49. The van der Waals surface area contributed by atoms with Crippen LogP contribution < -0.4 is 5.32 Å². The van der Waals surface area contributed by atoms with Gasteiger partial charge >= 0.3 is 12.0 Å². The van der Waals surface area contributed by atoms with Crippen molar-refractivity contribution in [3.8, 4) is 0 Å². The minimum absolute atomic E-state index is 0.0347. The maximum atomic E-state index is 11.6.